The molecule has 3 aromatic rings. The van der Waals surface area contributed by atoms with Gasteiger partial charge in [-0.3, -0.25) is 14.4 Å². The lowest BCUT2D eigenvalue weighted by Crippen LogP contribution is -2.31. The average molecular weight is 587 g/mol. The lowest BCUT2D eigenvalue weighted by molar-refractivity contribution is -0.140. The molecule has 5 rings (SSSR count). The first-order valence-corrected chi connectivity index (χ1v) is 14.3. The van der Waals surface area contributed by atoms with Crippen LogP contribution in [0, 0.1) is 5.82 Å². The van der Waals surface area contributed by atoms with Crippen LogP contribution in [0.3, 0.4) is 0 Å². The van der Waals surface area contributed by atoms with E-state index < -0.39 is 6.04 Å². The van der Waals surface area contributed by atoms with E-state index in [0.717, 1.165) is 46.3 Å². The van der Waals surface area contributed by atoms with Crippen molar-refractivity contribution >= 4 is 39.4 Å². The third kappa shape index (κ3) is 5.81. The molecule has 0 N–H and O–H groups in total. The number of ether oxygens (including phenoxy) is 1. The highest BCUT2D eigenvalue weighted by Gasteiger charge is 2.30. The van der Waals surface area contributed by atoms with E-state index in [-0.39, 0.29) is 18.2 Å². The highest BCUT2D eigenvalue weighted by Crippen LogP contribution is 2.37. The third-order valence-corrected chi connectivity index (χ3v) is 8.16. The molecule has 10 heteroatoms. The zero-order valence-corrected chi connectivity index (χ0v) is 23.1. The zero-order valence-electron chi connectivity index (χ0n) is 20.7. The van der Waals surface area contributed by atoms with Gasteiger partial charge in [-0.25, -0.2) is 4.39 Å². The quantitative estimate of drug-likeness (QED) is 0.253. The summed E-state index contributed by atoms with van der Waals surface area (Å²) in [6.45, 7) is 3.28. The number of piperidine rings is 1. The second kappa shape index (κ2) is 11.9. The van der Waals surface area contributed by atoms with Gasteiger partial charge in [0.2, 0.25) is 0 Å². The SMILES string of the molecule is COC(=O)CC[C@@H]1N=C(c2ccccc2F)c2cc(Br)ccc2-n2c(SCCN3CCCCC3)nnc21. The Kier molecular flexibility index (Phi) is 8.36. The van der Waals surface area contributed by atoms with E-state index in [9.17, 15) is 4.79 Å². The van der Waals surface area contributed by atoms with Gasteiger partial charge >= 0.3 is 5.97 Å². The standard InChI is InChI=1S/C27H29BrFN5O2S/c1-36-24(35)12-10-22-26-31-32-27(37-16-15-33-13-5-2-6-14-33)34(26)23-11-9-18(28)17-20(23)25(30-22)19-7-3-4-8-21(19)29/h3-4,7-9,11,17,22H,2,5-6,10,12-16H2,1H3/t22-/m0/s1. The summed E-state index contributed by atoms with van der Waals surface area (Å²) >= 11 is 5.25. The Morgan fingerprint density at radius 3 is 2.73 bits per heavy atom. The van der Waals surface area contributed by atoms with Crippen molar-refractivity contribution < 1.29 is 13.9 Å². The van der Waals surface area contributed by atoms with Crippen molar-refractivity contribution in [3.63, 3.8) is 0 Å². The fourth-order valence-corrected chi connectivity index (χ4v) is 6.17. The second-order valence-electron chi connectivity index (χ2n) is 9.18. The molecule has 0 aliphatic carbocycles. The number of nitrogens with zero attached hydrogens (tertiary/aromatic N) is 5. The van der Waals surface area contributed by atoms with E-state index >= 15 is 4.39 Å². The van der Waals surface area contributed by atoms with Crippen molar-refractivity contribution in [3.8, 4) is 5.69 Å². The molecule has 2 aliphatic heterocycles. The number of rotatable bonds is 8. The van der Waals surface area contributed by atoms with E-state index in [0.29, 0.717) is 23.5 Å². The summed E-state index contributed by atoms with van der Waals surface area (Å²) in [5, 5.41) is 9.86. The predicted molar refractivity (Wildman–Crippen MR) is 146 cm³/mol. The monoisotopic (exact) mass is 585 g/mol. The van der Waals surface area contributed by atoms with Crippen molar-refractivity contribution in [2.24, 2.45) is 4.99 Å². The third-order valence-electron chi connectivity index (χ3n) is 6.76. The minimum Gasteiger partial charge on any atom is -0.469 e. The molecule has 1 aromatic heterocycles. The number of hydrogen-bond donors (Lipinski definition) is 0. The number of esters is 1. The number of aliphatic imine (C=N–C) groups is 1. The van der Waals surface area contributed by atoms with Crippen LogP contribution in [0.15, 0.2) is 57.1 Å². The van der Waals surface area contributed by atoms with E-state index in [1.165, 1.54) is 32.4 Å². The number of aromatic nitrogens is 3. The van der Waals surface area contributed by atoms with Crippen LogP contribution in [0.5, 0.6) is 0 Å². The molecule has 7 nitrogen and oxygen atoms in total. The van der Waals surface area contributed by atoms with Crippen molar-refractivity contribution in [2.75, 3.05) is 32.5 Å². The van der Waals surface area contributed by atoms with Crippen LogP contribution in [0.2, 0.25) is 0 Å². The molecule has 0 amide bonds. The highest BCUT2D eigenvalue weighted by molar-refractivity contribution is 9.10. The number of methoxy groups -OCH3 is 1. The van der Waals surface area contributed by atoms with Gasteiger partial charge in [0, 0.05) is 34.3 Å². The van der Waals surface area contributed by atoms with E-state index in [2.05, 4.69) is 31.0 Å². The van der Waals surface area contributed by atoms with Gasteiger partial charge in [-0.05, 0) is 62.7 Å². The van der Waals surface area contributed by atoms with Gasteiger partial charge in [0.15, 0.2) is 11.0 Å². The Morgan fingerprint density at radius 1 is 1.14 bits per heavy atom. The Morgan fingerprint density at radius 2 is 1.95 bits per heavy atom. The number of benzene rings is 2. The Labute approximate surface area is 228 Å². The van der Waals surface area contributed by atoms with Crippen LogP contribution in [-0.4, -0.2) is 63.8 Å². The molecule has 2 aromatic carbocycles. The van der Waals surface area contributed by atoms with Crippen LogP contribution in [0.25, 0.3) is 5.69 Å². The predicted octanol–water partition coefficient (Wildman–Crippen LogP) is 5.59. The number of carbonyl (C=O) groups excluding carboxylic acids is 1. The van der Waals surface area contributed by atoms with Crippen molar-refractivity contribution in [1.82, 2.24) is 19.7 Å². The summed E-state index contributed by atoms with van der Waals surface area (Å²) in [6, 6.07) is 12.0. The van der Waals surface area contributed by atoms with Gasteiger partial charge in [-0.15, -0.1) is 10.2 Å². The zero-order chi connectivity index (χ0) is 25.8. The van der Waals surface area contributed by atoms with Crippen LogP contribution >= 0.6 is 27.7 Å². The van der Waals surface area contributed by atoms with E-state index in [4.69, 9.17) is 9.73 Å². The second-order valence-corrected chi connectivity index (χ2v) is 11.2. The molecule has 0 spiro atoms. The molecule has 0 saturated carbocycles. The number of fused-ring (bicyclic) bond motifs is 3. The largest absolute Gasteiger partial charge is 0.469 e. The average Bonchev–Trinajstić information content (AvgIpc) is 3.27. The molecule has 1 saturated heterocycles. The molecular weight excluding hydrogens is 557 g/mol. The maximum absolute atomic E-state index is 15.1. The maximum Gasteiger partial charge on any atom is 0.305 e. The van der Waals surface area contributed by atoms with Crippen LogP contribution in [0.1, 0.15) is 55.1 Å². The molecule has 3 heterocycles. The van der Waals surface area contributed by atoms with Gasteiger partial charge in [-0.1, -0.05) is 46.2 Å². The summed E-state index contributed by atoms with van der Waals surface area (Å²) in [7, 11) is 1.37. The highest BCUT2D eigenvalue weighted by atomic mass is 79.9. The van der Waals surface area contributed by atoms with Crippen LogP contribution in [-0.2, 0) is 9.53 Å². The molecule has 0 bridgehead atoms. The van der Waals surface area contributed by atoms with Crippen molar-refractivity contribution in [3.05, 3.63) is 69.7 Å². The number of carbonyl (C=O) groups is 1. The summed E-state index contributed by atoms with van der Waals surface area (Å²) < 4.78 is 22.8. The van der Waals surface area contributed by atoms with Gasteiger partial charge in [-0.2, -0.15) is 0 Å². The lowest BCUT2D eigenvalue weighted by atomic mass is 10.00. The maximum atomic E-state index is 15.1. The van der Waals surface area contributed by atoms with E-state index in [1.807, 2.05) is 22.8 Å². The topological polar surface area (TPSA) is 72.6 Å². The normalized spacial score (nSPS) is 17.5. The molecule has 0 unspecified atom stereocenters. The number of halogens is 2. The molecule has 37 heavy (non-hydrogen) atoms. The molecule has 1 fully saturated rings. The first-order chi connectivity index (χ1) is 18.0. The van der Waals surface area contributed by atoms with Crippen LogP contribution in [0.4, 0.5) is 4.39 Å². The lowest BCUT2D eigenvalue weighted by Gasteiger charge is -2.26. The van der Waals surface area contributed by atoms with Crippen molar-refractivity contribution in [2.45, 2.75) is 43.3 Å². The molecule has 0 radical (unpaired) electrons. The Hall–Kier alpha value is -2.56. The number of hydrogen-bond acceptors (Lipinski definition) is 7. The molecule has 194 valence electrons. The molecule has 2 aliphatic rings. The molecular formula is C27H29BrFN5O2S. The summed E-state index contributed by atoms with van der Waals surface area (Å²) in [5.74, 6) is 0.846. The Bertz CT molecular complexity index is 1310. The summed E-state index contributed by atoms with van der Waals surface area (Å²) in [4.78, 5) is 19.5. The fourth-order valence-electron chi connectivity index (χ4n) is 4.86. The fraction of sp³-hybridized carbons (Fsp3) is 0.407. The number of likely N-dealkylation sites (tertiary alicyclic amines) is 1. The first-order valence-electron chi connectivity index (χ1n) is 12.6. The van der Waals surface area contributed by atoms with Crippen molar-refractivity contribution in [1.29, 1.82) is 0 Å². The van der Waals surface area contributed by atoms with Gasteiger partial charge < -0.3 is 9.64 Å². The summed E-state index contributed by atoms with van der Waals surface area (Å²) in [5.41, 5.74) is 2.55. The smallest absolute Gasteiger partial charge is 0.305 e. The number of thioether (sulfide) groups is 1. The van der Waals surface area contributed by atoms with Crippen LogP contribution < -0.4 is 0 Å². The van der Waals surface area contributed by atoms with Gasteiger partial charge in [0.1, 0.15) is 11.9 Å². The summed E-state index contributed by atoms with van der Waals surface area (Å²) in [6.07, 6.45) is 4.36. The van der Waals surface area contributed by atoms with Gasteiger partial charge in [0.25, 0.3) is 0 Å². The van der Waals surface area contributed by atoms with E-state index in [1.54, 1.807) is 30.0 Å². The minimum absolute atomic E-state index is 0.166. The first kappa shape index (κ1) is 26.1. The van der Waals surface area contributed by atoms with Gasteiger partial charge in [0.05, 0.1) is 18.5 Å². The Balaban J connectivity index is 1.56. The molecule has 1 atom stereocenters. The minimum atomic E-state index is -0.496.